The van der Waals surface area contributed by atoms with Crippen molar-refractivity contribution in [2.24, 2.45) is 0 Å². The van der Waals surface area contributed by atoms with Gasteiger partial charge in [0.05, 0.1) is 17.9 Å². The molecule has 7 heteroatoms. The highest BCUT2D eigenvalue weighted by Crippen LogP contribution is 2.30. The number of aromatic amines is 2. The molecule has 0 spiro atoms. The van der Waals surface area contributed by atoms with Gasteiger partial charge in [-0.25, -0.2) is 0 Å². The number of hydrogen-bond donors (Lipinski definition) is 2. The molecule has 2 N–H and O–H groups in total. The summed E-state index contributed by atoms with van der Waals surface area (Å²) >= 11 is 0. The minimum absolute atomic E-state index is 0.308. The minimum atomic E-state index is -0.342. The molecule has 0 amide bonds. The SMILES string of the molecule is O=c1[nH]n2c(=O)cc(-c3ccc4c(c3)CCO4)[nH]c2c1-c1cccnc1. The van der Waals surface area contributed by atoms with Gasteiger partial charge in [-0.15, -0.1) is 0 Å². The summed E-state index contributed by atoms with van der Waals surface area (Å²) in [5.41, 5.74) is 3.44. The van der Waals surface area contributed by atoms with Crippen LogP contribution in [0.3, 0.4) is 0 Å². The van der Waals surface area contributed by atoms with Crippen molar-refractivity contribution in [1.82, 2.24) is 19.6 Å². The normalized spacial score (nSPS) is 12.9. The number of H-pyrrole nitrogens is 2. The molecule has 3 aromatic heterocycles. The molecule has 0 atom stereocenters. The molecule has 0 fully saturated rings. The molecule has 4 heterocycles. The Morgan fingerprint density at radius 2 is 2.04 bits per heavy atom. The summed E-state index contributed by atoms with van der Waals surface area (Å²) in [4.78, 5) is 32.2. The molecule has 0 saturated heterocycles. The van der Waals surface area contributed by atoms with Crippen LogP contribution in [0.15, 0.2) is 58.4 Å². The largest absolute Gasteiger partial charge is 0.493 e. The molecular weight excluding hydrogens is 332 g/mol. The third-order valence-electron chi connectivity index (χ3n) is 4.59. The summed E-state index contributed by atoms with van der Waals surface area (Å²) in [6, 6.07) is 10.8. The first kappa shape index (κ1) is 14.7. The fourth-order valence-corrected chi connectivity index (χ4v) is 3.36. The van der Waals surface area contributed by atoms with E-state index in [1.54, 1.807) is 24.5 Å². The molecule has 1 aliphatic rings. The second-order valence-corrected chi connectivity index (χ2v) is 6.18. The fourth-order valence-electron chi connectivity index (χ4n) is 3.36. The average molecular weight is 346 g/mol. The zero-order valence-corrected chi connectivity index (χ0v) is 13.7. The quantitative estimate of drug-likeness (QED) is 0.580. The van der Waals surface area contributed by atoms with E-state index in [-0.39, 0.29) is 11.1 Å². The van der Waals surface area contributed by atoms with E-state index in [4.69, 9.17) is 4.74 Å². The van der Waals surface area contributed by atoms with Crippen LogP contribution in [0.2, 0.25) is 0 Å². The van der Waals surface area contributed by atoms with Crippen LogP contribution in [0.5, 0.6) is 5.75 Å². The Labute approximate surface area is 146 Å². The number of benzene rings is 1. The van der Waals surface area contributed by atoms with Crippen molar-refractivity contribution < 1.29 is 4.74 Å². The highest BCUT2D eigenvalue weighted by molar-refractivity contribution is 5.78. The third kappa shape index (κ3) is 2.17. The van der Waals surface area contributed by atoms with Crippen LogP contribution in [-0.4, -0.2) is 26.2 Å². The van der Waals surface area contributed by atoms with Gasteiger partial charge in [-0.3, -0.25) is 19.7 Å². The first-order chi connectivity index (χ1) is 12.7. The lowest BCUT2D eigenvalue weighted by Crippen LogP contribution is -2.15. The number of nitrogens with zero attached hydrogens (tertiary/aromatic N) is 2. The van der Waals surface area contributed by atoms with Crippen LogP contribution in [0.1, 0.15) is 5.56 Å². The monoisotopic (exact) mass is 346 g/mol. The van der Waals surface area contributed by atoms with E-state index in [1.165, 1.54) is 10.6 Å². The molecule has 0 bridgehead atoms. The molecule has 4 aromatic rings. The average Bonchev–Trinajstić information content (AvgIpc) is 3.25. The molecule has 0 radical (unpaired) electrons. The molecule has 5 rings (SSSR count). The van der Waals surface area contributed by atoms with E-state index < -0.39 is 0 Å². The molecule has 1 aliphatic heterocycles. The number of aromatic nitrogens is 4. The van der Waals surface area contributed by atoms with Crippen molar-refractivity contribution in [3.05, 3.63) is 75.1 Å². The Balaban J connectivity index is 1.76. The predicted octanol–water partition coefficient (Wildman–Crippen LogP) is 1.98. The van der Waals surface area contributed by atoms with Gasteiger partial charge in [0.15, 0.2) is 0 Å². The number of fused-ring (bicyclic) bond motifs is 2. The lowest BCUT2D eigenvalue weighted by Gasteiger charge is -2.06. The number of rotatable bonds is 2. The van der Waals surface area contributed by atoms with E-state index in [0.717, 1.165) is 23.3 Å². The molecule has 0 saturated carbocycles. The van der Waals surface area contributed by atoms with Crippen molar-refractivity contribution >= 4 is 5.65 Å². The maximum absolute atomic E-state index is 12.5. The van der Waals surface area contributed by atoms with Crippen molar-refractivity contribution in [2.45, 2.75) is 6.42 Å². The Hall–Kier alpha value is -3.61. The van der Waals surface area contributed by atoms with Crippen LogP contribution >= 0.6 is 0 Å². The van der Waals surface area contributed by atoms with Crippen LogP contribution in [0.25, 0.3) is 28.0 Å². The third-order valence-corrected chi connectivity index (χ3v) is 4.59. The smallest absolute Gasteiger partial charge is 0.274 e. The molecule has 0 aliphatic carbocycles. The highest BCUT2D eigenvalue weighted by atomic mass is 16.5. The minimum Gasteiger partial charge on any atom is -0.493 e. The highest BCUT2D eigenvalue weighted by Gasteiger charge is 2.17. The lowest BCUT2D eigenvalue weighted by atomic mass is 10.1. The Morgan fingerprint density at radius 3 is 2.88 bits per heavy atom. The van der Waals surface area contributed by atoms with E-state index >= 15 is 0 Å². The first-order valence-corrected chi connectivity index (χ1v) is 8.25. The van der Waals surface area contributed by atoms with Gasteiger partial charge in [0.1, 0.15) is 11.4 Å². The van der Waals surface area contributed by atoms with Gasteiger partial charge < -0.3 is 9.72 Å². The summed E-state index contributed by atoms with van der Waals surface area (Å²) in [6.07, 6.45) is 4.08. The van der Waals surface area contributed by atoms with Crippen LogP contribution in [-0.2, 0) is 6.42 Å². The van der Waals surface area contributed by atoms with Gasteiger partial charge in [0.2, 0.25) is 0 Å². The standard InChI is InChI=1S/C19H14N4O3/c24-16-9-14(11-3-4-15-12(8-11)5-7-26-15)21-18-17(19(25)22-23(16)18)13-2-1-6-20-10-13/h1-4,6,8-10,21H,5,7H2,(H,22,25). The van der Waals surface area contributed by atoms with Crippen LogP contribution in [0.4, 0.5) is 0 Å². The zero-order valence-electron chi connectivity index (χ0n) is 13.7. The molecule has 7 nitrogen and oxygen atoms in total. The molecule has 0 unspecified atom stereocenters. The van der Waals surface area contributed by atoms with Crippen molar-refractivity contribution in [3.63, 3.8) is 0 Å². The molecule has 1 aromatic carbocycles. The number of pyridine rings is 1. The summed E-state index contributed by atoms with van der Waals surface area (Å²) in [5.74, 6) is 0.881. The fraction of sp³-hybridized carbons (Fsp3) is 0.105. The van der Waals surface area contributed by atoms with E-state index in [2.05, 4.69) is 15.1 Å². The van der Waals surface area contributed by atoms with Crippen molar-refractivity contribution in [2.75, 3.05) is 6.61 Å². The Bertz CT molecular complexity index is 1250. The number of ether oxygens (including phenoxy) is 1. The van der Waals surface area contributed by atoms with Gasteiger partial charge in [0.25, 0.3) is 11.1 Å². The summed E-state index contributed by atoms with van der Waals surface area (Å²) in [5, 5.41) is 2.58. The van der Waals surface area contributed by atoms with Crippen molar-refractivity contribution in [1.29, 1.82) is 0 Å². The van der Waals surface area contributed by atoms with E-state index in [9.17, 15) is 9.59 Å². The molecule has 26 heavy (non-hydrogen) atoms. The summed E-state index contributed by atoms with van der Waals surface area (Å²) in [6.45, 7) is 0.673. The van der Waals surface area contributed by atoms with E-state index in [0.29, 0.717) is 29.1 Å². The Morgan fingerprint density at radius 1 is 1.12 bits per heavy atom. The Kier molecular flexibility index (Phi) is 3.08. The first-order valence-electron chi connectivity index (χ1n) is 8.25. The van der Waals surface area contributed by atoms with Crippen LogP contribution in [0, 0.1) is 0 Å². The lowest BCUT2D eigenvalue weighted by molar-refractivity contribution is 0.357. The molecule has 128 valence electrons. The van der Waals surface area contributed by atoms with E-state index in [1.807, 2.05) is 18.2 Å². The van der Waals surface area contributed by atoms with Gasteiger partial charge in [-0.2, -0.15) is 4.52 Å². The topological polar surface area (TPSA) is 92.2 Å². The second kappa shape index (κ2) is 5.45. The maximum atomic E-state index is 12.5. The summed E-state index contributed by atoms with van der Waals surface area (Å²) in [7, 11) is 0. The number of nitrogens with one attached hydrogen (secondary N) is 2. The van der Waals surface area contributed by atoms with Gasteiger partial charge in [0, 0.05) is 30.4 Å². The van der Waals surface area contributed by atoms with Gasteiger partial charge >= 0.3 is 0 Å². The van der Waals surface area contributed by atoms with Crippen LogP contribution < -0.4 is 15.9 Å². The van der Waals surface area contributed by atoms with Crippen molar-refractivity contribution in [3.8, 4) is 28.1 Å². The molecular formula is C19H14N4O3. The zero-order chi connectivity index (χ0) is 17.7. The maximum Gasteiger partial charge on any atom is 0.274 e. The second-order valence-electron chi connectivity index (χ2n) is 6.18. The predicted molar refractivity (Wildman–Crippen MR) is 96.5 cm³/mol. The van der Waals surface area contributed by atoms with Gasteiger partial charge in [-0.1, -0.05) is 6.07 Å². The number of hydrogen-bond acceptors (Lipinski definition) is 4. The van der Waals surface area contributed by atoms with Gasteiger partial charge in [-0.05, 0) is 35.4 Å². The summed E-state index contributed by atoms with van der Waals surface area (Å²) < 4.78 is 6.76.